The van der Waals surface area contributed by atoms with Crippen molar-refractivity contribution in [1.82, 2.24) is 0 Å². The van der Waals surface area contributed by atoms with Crippen molar-refractivity contribution in [1.29, 1.82) is 0 Å². The number of aryl methyl sites for hydroxylation is 1. The molecular weight excluding hydrogens is 451 g/mol. The molecule has 5 nitrogen and oxygen atoms in total. The molecule has 25 heavy (non-hydrogen) atoms. The standard InChI is InChI=1S/C16H15BrCl2N2O3S/c1-10-7-12(4-5-13(10)17)20-16(22)9-21(25(2,23)24)15-8-11(18)3-6-14(15)19/h3-8H,9H2,1-2H3,(H,20,22). The third-order valence-electron chi connectivity index (χ3n) is 3.31. The predicted molar refractivity (Wildman–Crippen MR) is 106 cm³/mol. The fourth-order valence-electron chi connectivity index (χ4n) is 2.11. The molecule has 2 aromatic rings. The highest BCUT2D eigenvalue weighted by atomic mass is 79.9. The molecule has 1 N–H and O–H groups in total. The molecule has 2 rings (SSSR count). The van der Waals surface area contributed by atoms with Gasteiger partial charge in [-0.15, -0.1) is 0 Å². The molecule has 2 aromatic carbocycles. The summed E-state index contributed by atoms with van der Waals surface area (Å²) in [5.74, 6) is -0.497. The first kappa shape index (κ1) is 20.0. The van der Waals surface area contributed by atoms with Crippen LogP contribution in [-0.2, 0) is 14.8 Å². The van der Waals surface area contributed by atoms with Crippen LogP contribution >= 0.6 is 39.1 Å². The molecule has 0 radical (unpaired) electrons. The highest BCUT2D eigenvalue weighted by Crippen LogP contribution is 2.30. The third kappa shape index (κ3) is 5.34. The van der Waals surface area contributed by atoms with Crippen molar-refractivity contribution in [2.24, 2.45) is 0 Å². The molecule has 0 aliphatic rings. The zero-order valence-corrected chi connectivity index (χ0v) is 17.3. The number of carbonyl (C=O) groups is 1. The smallest absolute Gasteiger partial charge is 0.245 e. The van der Waals surface area contributed by atoms with Gasteiger partial charge in [0.1, 0.15) is 6.54 Å². The van der Waals surface area contributed by atoms with Crippen LogP contribution in [0.25, 0.3) is 0 Å². The second-order valence-corrected chi connectivity index (χ2v) is 8.98. The van der Waals surface area contributed by atoms with Crippen molar-refractivity contribution in [3.8, 4) is 0 Å². The predicted octanol–water partition coefficient (Wildman–Crippen LogP) is 4.47. The zero-order chi connectivity index (χ0) is 18.8. The van der Waals surface area contributed by atoms with Gasteiger partial charge < -0.3 is 5.32 Å². The van der Waals surface area contributed by atoms with Gasteiger partial charge in [0.25, 0.3) is 0 Å². The molecule has 134 valence electrons. The molecule has 0 saturated carbocycles. The van der Waals surface area contributed by atoms with Gasteiger partial charge >= 0.3 is 0 Å². The van der Waals surface area contributed by atoms with Gasteiger partial charge in [-0.25, -0.2) is 8.42 Å². The number of sulfonamides is 1. The highest BCUT2D eigenvalue weighted by molar-refractivity contribution is 9.10. The SMILES string of the molecule is Cc1cc(NC(=O)CN(c2cc(Cl)ccc2Cl)S(C)(=O)=O)ccc1Br. The van der Waals surface area contributed by atoms with Gasteiger partial charge in [-0.2, -0.15) is 0 Å². The summed E-state index contributed by atoms with van der Waals surface area (Å²) in [7, 11) is -3.74. The van der Waals surface area contributed by atoms with Crippen molar-refractivity contribution in [3.63, 3.8) is 0 Å². The molecule has 0 aliphatic carbocycles. The summed E-state index contributed by atoms with van der Waals surface area (Å²) in [5.41, 5.74) is 1.66. The second-order valence-electron chi connectivity index (χ2n) is 5.38. The summed E-state index contributed by atoms with van der Waals surface area (Å²) >= 11 is 15.4. The van der Waals surface area contributed by atoms with Crippen LogP contribution in [0.4, 0.5) is 11.4 Å². The lowest BCUT2D eigenvalue weighted by Gasteiger charge is -2.23. The number of nitrogens with one attached hydrogen (secondary N) is 1. The van der Waals surface area contributed by atoms with Crippen LogP contribution in [0.3, 0.4) is 0 Å². The van der Waals surface area contributed by atoms with Crippen LogP contribution in [-0.4, -0.2) is 27.1 Å². The van der Waals surface area contributed by atoms with Gasteiger partial charge in [-0.05, 0) is 48.9 Å². The molecule has 0 atom stereocenters. The first-order valence-electron chi connectivity index (χ1n) is 7.06. The molecule has 0 fully saturated rings. The van der Waals surface area contributed by atoms with Crippen molar-refractivity contribution in [2.45, 2.75) is 6.92 Å². The molecule has 0 bridgehead atoms. The van der Waals surface area contributed by atoms with Gasteiger partial charge in [0, 0.05) is 15.2 Å². The topological polar surface area (TPSA) is 66.5 Å². The number of hydrogen-bond acceptors (Lipinski definition) is 3. The lowest BCUT2D eigenvalue weighted by atomic mass is 10.2. The summed E-state index contributed by atoms with van der Waals surface area (Å²) in [5, 5.41) is 3.17. The van der Waals surface area contributed by atoms with E-state index < -0.39 is 22.5 Å². The first-order valence-corrected chi connectivity index (χ1v) is 10.5. The van der Waals surface area contributed by atoms with E-state index in [-0.39, 0.29) is 10.7 Å². The van der Waals surface area contributed by atoms with E-state index in [1.165, 1.54) is 12.1 Å². The number of rotatable bonds is 5. The number of nitrogens with zero attached hydrogens (tertiary/aromatic N) is 1. The number of benzene rings is 2. The number of anilines is 2. The minimum absolute atomic E-state index is 0.152. The van der Waals surface area contributed by atoms with Gasteiger partial charge in [0.05, 0.1) is 17.0 Å². The van der Waals surface area contributed by atoms with Crippen LogP contribution in [0.2, 0.25) is 10.0 Å². The van der Waals surface area contributed by atoms with Crippen LogP contribution in [0.5, 0.6) is 0 Å². The van der Waals surface area contributed by atoms with Crippen molar-refractivity contribution in [3.05, 3.63) is 56.5 Å². The van der Waals surface area contributed by atoms with Gasteiger partial charge in [0.15, 0.2) is 0 Å². The average Bonchev–Trinajstić information content (AvgIpc) is 2.50. The monoisotopic (exact) mass is 464 g/mol. The Morgan fingerprint density at radius 1 is 1.20 bits per heavy atom. The zero-order valence-electron chi connectivity index (χ0n) is 13.4. The summed E-state index contributed by atoms with van der Waals surface area (Å²) in [4.78, 5) is 12.3. The first-order chi connectivity index (χ1) is 11.6. The number of hydrogen-bond donors (Lipinski definition) is 1. The van der Waals surface area contributed by atoms with E-state index in [1.807, 2.05) is 6.92 Å². The van der Waals surface area contributed by atoms with Crippen molar-refractivity contribution >= 4 is 66.4 Å². The summed E-state index contributed by atoms with van der Waals surface area (Å²) in [6.07, 6.45) is 1.00. The maximum absolute atomic E-state index is 12.3. The van der Waals surface area contributed by atoms with Crippen LogP contribution < -0.4 is 9.62 Å². The molecule has 0 aromatic heterocycles. The molecule has 9 heteroatoms. The fraction of sp³-hybridized carbons (Fsp3) is 0.188. The summed E-state index contributed by atoms with van der Waals surface area (Å²) in [6.45, 7) is 1.46. The molecule has 0 unspecified atom stereocenters. The van der Waals surface area contributed by atoms with E-state index in [9.17, 15) is 13.2 Å². The van der Waals surface area contributed by atoms with Crippen LogP contribution in [0.1, 0.15) is 5.56 Å². The molecule has 0 aliphatic heterocycles. The number of halogens is 3. The van der Waals surface area contributed by atoms with Gasteiger partial charge in [-0.3, -0.25) is 9.10 Å². The fourth-order valence-corrected chi connectivity index (χ4v) is 3.65. The van der Waals surface area contributed by atoms with E-state index >= 15 is 0 Å². The lowest BCUT2D eigenvalue weighted by Crippen LogP contribution is -2.37. The van der Waals surface area contributed by atoms with E-state index in [0.717, 1.165) is 20.6 Å². The molecule has 1 amide bonds. The minimum Gasteiger partial charge on any atom is -0.325 e. The minimum atomic E-state index is -3.74. The third-order valence-corrected chi connectivity index (χ3v) is 5.88. The maximum Gasteiger partial charge on any atom is 0.245 e. The van der Waals surface area contributed by atoms with Crippen LogP contribution in [0, 0.1) is 6.92 Å². The van der Waals surface area contributed by atoms with Gasteiger partial charge in [-0.1, -0.05) is 39.1 Å². The molecular formula is C16H15BrCl2N2O3S. The van der Waals surface area contributed by atoms with Crippen molar-refractivity contribution in [2.75, 3.05) is 22.4 Å². The Kier molecular flexibility index (Phi) is 6.37. The van der Waals surface area contributed by atoms with E-state index in [4.69, 9.17) is 23.2 Å². The Morgan fingerprint density at radius 2 is 1.88 bits per heavy atom. The summed E-state index contributed by atoms with van der Waals surface area (Å²) < 4.78 is 26.1. The van der Waals surface area contributed by atoms with Crippen molar-refractivity contribution < 1.29 is 13.2 Å². The second kappa shape index (κ2) is 7.95. The van der Waals surface area contributed by atoms with E-state index in [2.05, 4.69) is 21.2 Å². The Labute approximate surface area is 165 Å². The largest absolute Gasteiger partial charge is 0.325 e. The Morgan fingerprint density at radius 3 is 2.48 bits per heavy atom. The maximum atomic E-state index is 12.3. The number of amides is 1. The molecule has 0 saturated heterocycles. The van der Waals surface area contributed by atoms with Gasteiger partial charge in [0.2, 0.25) is 15.9 Å². The van der Waals surface area contributed by atoms with E-state index in [0.29, 0.717) is 10.7 Å². The Bertz CT molecular complexity index is 920. The Balaban J connectivity index is 2.27. The Hall–Kier alpha value is -1.28. The highest BCUT2D eigenvalue weighted by Gasteiger charge is 2.23. The molecule has 0 spiro atoms. The lowest BCUT2D eigenvalue weighted by molar-refractivity contribution is -0.114. The normalized spacial score (nSPS) is 11.2. The average molecular weight is 466 g/mol. The number of carbonyl (C=O) groups excluding carboxylic acids is 1. The molecule has 0 heterocycles. The van der Waals surface area contributed by atoms with E-state index in [1.54, 1.807) is 24.3 Å². The summed E-state index contributed by atoms with van der Waals surface area (Å²) in [6, 6.07) is 9.71. The quantitative estimate of drug-likeness (QED) is 0.708. The van der Waals surface area contributed by atoms with Crippen LogP contribution in [0.15, 0.2) is 40.9 Å².